The van der Waals surface area contributed by atoms with Gasteiger partial charge in [-0.2, -0.15) is 13.2 Å². The molecular weight excluding hydrogens is 379 g/mol. The second-order valence-corrected chi connectivity index (χ2v) is 6.50. The molecule has 3 N–H and O–H groups in total. The van der Waals surface area contributed by atoms with Crippen LogP contribution in [0.1, 0.15) is 18.4 Å². The zero-order valence-electron chi connectivity index (χ0n) is 15.5. The Labute approximate surface area is 159 Å². The van der Waals surface area contributed by atoms with Gasteiger partial charge in [0.15, 0.2) is 0 Å². The van der Waals surface area contributed by atoms with Gasteiger partial charge in [-0.1, -0.05) is 6.07 Å². The first kappa shape index (κ1) is 21.5. The molecule has 28 heavy (non-hydrogen) atoms. The number of likely N-dealkylation sites (N-methyl/N-ethyl adjacent to an activating group) is 1. The summed E-state index contributed by atoms with van der Waals surface area (Å²) in [6.07, 6.45) is -1.58. The summed E-state index contributed by atoms with van der Waals surface area (Å²) in [5, 5.41) is 11.2. The number of benzene rings is 1. The number of alkyl halides is 3. The molecule has 1 amide bonds. The van der Waals surface area contributed by atoms with Gasteiger partial charge in [-0.25, -0.2) is 4.79 Å². The summed E-state index contributed by atoms with van der Waals surface area (Å²) in [5.74, 6) is -1.66. The van der Waals surface area contributed by atoms with Gasteiger partial charge in [0.2, 0.25) is 5.91 Å². The van der Waals surface area contributed by atoms with Gasteiger partial charge in [0.25, 0.3) is 0 Å². The molecule has 10 heteroatoms. The number of amides is 1. The van der Waals surface area contributed by atoms with Gasteiger partial charge in [-0.05, 0) is 25.6 Å². The van der Waals surface area contributed by atoms with Gasteiger partial charge in [-0.3, -0.25) is 9.69 Å². The molecule has 3 rings (SSSR count). The number of nitrogens with zero attached hydrogens (tertiary/aromatic N) is 1. The number of hydrogen-bond donors (Lipinski definition) is 3. The molecule has 0 aliphatic carbocycles. The van der Waals surface area contributed by atoms with E-state index < -0.39 is 12.1 Å². The molecule has 1 atom stereocenters. The Morgan fingerprint density at radius 1 is 1.36 bits per heavy atom. The lowest BCUT2D eigenvalue weighted by molar-refractivity contribution is -0.192. The number of methoxy groups -OCH3 is 1. The van der Waals surface area contributed by atoms with Crippen LogP contribution in [0, 0.1) is 0 Å². The van der Waals surface area contributed by atoms with E-state index in [2.05, 4.69) is 34.4 Å². The Bertz CT molecular complexity index is 835. The van der Waals surface area contributed by atoms with Gasteiger partial charge >= 0.3 is 12.1 Å². The lowest BCUT2D eigenvalue weighted by Gasteiger charge is -2.22. The number of ether oxygens (including phenoxy) is 1. The van der Waals surface area contributed by atoms with E-state index in [1.165, 1.54) is 0 Å². The van der Waals surface area contributed by atoms with Crippen molar-refractivity contribution in [3.8, 4) is 5.75 Å². The fourth-order valence-corrected chi connectivity index (χ4v) is 3.06. The van der Waals surface area contributed by atoms with Crippen LogP contribution in [0.5, 0.6) is 5.75 Å². The number of fused-ring (bicyclic) bond motifs is 1. The molecule has 1 aromatic heterocycles. The lowest BCUT2D eigenvalue weighted by Crippen LogP contribution is -2.36. The molecule has 1 saturated heterocycles. The number of H-pyrrole nitrogens is 1. The highest BCUT2D eigenvalue weighted by atomic mass is 19.4. The third-order valence-electron chi connectivity index (χ3n) is 4.27. The average molecular weight is 401 g/mol. The maximum Gasteiger partial charge on any atom is 0.490 e. The van der Waals surface area contributed by atoms with Gasteiger partial charge in [-0.15, -0.1) is 0 Å². The number of carbonyl (C=O) groups is 2. The largest absolute Gasteiger partial charge is 0.496 e. The molecule has 0 radical (unpaired) electrons. The van der Waals surface area contributed by atoms with Crippen LogP contribution in [-0.4, -0.2) is 59.8 Å². The molecule has 1 aliphatic heterocycles. The molecule has 2 heterocycles. The summed E-state index contributed by atoms with van der Waals surface area (Å²) in [7, 11) is 3.79. The molecule has 0 bridgehead atoms. The van der Waals surface area contributed by atoms with Crippen molar-refractivity contribution in [2.45, 2.75) is 31.6 Å². The van der Waals surface area contributed by atoms with Crippen molar-refractivity contribution < 1.29 is 32.6 Å². The molecule has 7 nitrogen and oxygen atoms in total. The van der Waals surface area contributed by atoms with Crippen molar-refractivity contribution in [1.29, 1.82) is 0 Å². The summed E-state index contributed by atoms with van der Waals surface area (Å²) >= 11 is 0. The van der Waals surface area contributed by atoms with E-state index in [1.807, 2.05) is 12.3 Å². The number of hydrogen-bond acceptors (Lipinski definition) is 4. The van der Waals surface area contributed by atoms with Crippen LogP contribution in [-0.2, 0) is 16.1 Å². The molecule has 1 aromatic carbocycles. The van der Waals surface area contributed by atoms with Crippen LogP contribution in [0.4, 0.5) is 13.2 Å². The number of carboxylic acid groups (broad SMARTS) is 1. The van der Waals surface area contributed by atoms with Crippen LogP contribution in [0.25, 0.3) is 10.9 Å². The topological polar surface area (TPSA) is 94.7 Å². The number of aromatic amines is 1. The summed E-state index contributed by atoms with van der Waals surface area (Å²) in [6, 6.07) is 6.48. The Morgan fingerprint density at radius 2 is 2.04 bits per heavy atom. The van der Waals surface area contributed by atoms with E-state index in [1.54, 1.807) is 7.11 Å². The zero-order chi connectivity index (χ0) is 20.9. The van der Waals surface area contributed by atoms with E-state index in [0.29, 0.717) is 6.42 Å². The molecule has 2 aromatic rings. The summed E-state index contributed by atoms with van der Waals surface area (Å²) in [5.41, 5.74) is 2.25. The molecule has 1 fully saturated rings. The van der Waals surface area contributed by atoms with Crippen LogP contribution in [0.3, 0.4) is 0 Å². The van der Waals surface area contributed by atoms with Crippen LogP contribution < -0.4 is 10.1 Å². The minimum absolute atomic E-state index is 0.166. The van der Waals surface area contributed by atoms with Crippen LogP contribution in [0.15, 0.2) is 24.4 Å². The average Bonchev–Trinajstić information content (AvgIpc) is 3.23. The van der Waals surface area contributed by atoms with Gasteiger partial charge in [0.05, 0.1) is 7.11 Å². The van der Waals surface area contributed by atoms with Gasteiger partial charge in [0.1, 0.15) is 5.75 Å². The fourth-order valence-electron chi connectivity index (χ4n) is 3.06. The monoisotopic (exact) mass is 401 g/mol. The minimum atomic E-state index is -5.08. The number of aromatic nitrogens is 1. The number of nitrogens with one attached hydrogen (secondary N) is 2. The lowest BCUT2D eigenvalue weighted by atomic mass is 10.1. The van der Waals surface area contributed by atoms with Crippen LogP contribution in [0.2, 0.25) is 0 Å². The third-order valence-corrected chi connectivity index (χ3v) is 4.27. The van der Waals surface area contributed by atoms with E-state index in [9.17, 15) is 18.0 Å². The number of carboxylic acids is 1. The minimum Gasteiger partial charge on any atom is -0.496 e. The first-order valence-corrected chi connectivity index (χ1v) is 8.52. The normalized spacial score (nSPS) is 16.6. The van der Waals surface area contributed by atoms with Crippen molar-refractivity contribution >= 4 is 22.8 Å². The Hall–Kier alpha value is -2.75. The standard InChI is InChI=1S/C16H21N3O2.C2HF3O2/c1-19(10-12-4-6-15(20)18-12)9-11-3-5-14-13(7-8-17-14)16(11)21-2;3-2(4,5)1(6)7/h3,5,7-8,12,17H,4,6,9-10H2,1-2H3,(H,18,20);(H,6,7)/t12-;/m0./s1. The first-order chi connectivity index (χ1) is 13.1. The predicted molar refractivity (Wildman–Crippen MR) is 96.0 cm³/mol. The predicted octanol–water partition coefficient (Wildman–Crippen LogP) is 2.52. The summed E-state index contributed by atoms with van der Waals surface area (Å²) in [6.45, 7) is 1.66. The van der Waals surface area contributed by atoms with Crippen molar-refractivity contribution in [3.63, 3.8) is 0 Å². The number of carbonyl (C=O) groups excluding carboxylic acids is 1. The molecule has 0 spiro atoms. The van der Waals surface area contributed by atoms with E-state index in [0.717, 1.165) is 41.7 Å². The highest BCUT2D eigenvalue weighted by Crippen LogP contribution is 2.30. The van der Waals surface area contributed by atoms with Crippen molar-refractivity contribution in [1.82, 2.24) is 15.2 Å². The third kappa shape index (κ3) is 5.62. The number of aliphatic carboxylic acids is 1. The smallest absolute Gasteiger partial charge is 0.490 e. The maximum absolute atomic E-state index is 11.3. The van der Waals surface area contributed by atoms with Crippen molar-refractivity contribution in [2.75, 3.05) is 20.7 Å². The number of halogens is 3. The van der Waals surface area contributed by atoms with Crippen molar-refractivity contribution in [2.24, 2.45) is 0 Å². The zero-order valence-corrected chi connectivity index (χ0v) is 15.5. The molecular formula is C18H22F3N3O4. The van der Waals surface area contributed by atoms with Crippen LogP contribution >= 0.6 is 0 Å². The first-order valence-electron chi connectivity index (χ1n) is 8.52. The van der Waals surface area contributed by atoms with E-state index >= 15 is 0 Å². The maximum atomic E-state index is 11.3. The second-order valence-electron chi connectivity index (χ2n) is 6.50. The highest BCUT2D eigenvalue weighted by molar-refractivity contribution is 5.87. The molecule has 0 unspecified atom stereocenters. The van der Waals surface area contributed by atoms with Gasteiger partial charge < -0.3 is 20.1 Å². The summed E-state index contributed by atoms with van der Waals surface area (Å²) in [4.78, 5) is 25.6. The Morgan fingerprint density at radius 3 is 2.57 bits per heavy atom. The highest BCUT2D eigenvalue weighted by Gasteiger charge is 2.38. The SMILES string of the molecule is COc1c(CN(C)C[C@@H]2CCC(=O)N2)ccc2[nH]ccc12.O=C(O)C(F)(F)F. The fraction of sp³-hybridized carbons (Fsp3) is 0.444. The summed E-state index contributed by atoms with van der Waals surface area (Å²) < 4.78 is 37.3. The molecule has 0 saturated carbocycles. The molecule has 1 aliphatic rings. The quantitative estimate of drug-likeness (QED) is 0.716. The van der Waals surface area contributed by atoms with Crippen molar-refractivity contribution in [3.05, 3.63) is 30.0 Å². The van der Waals surface area contributed by atoms with E-state index in [-0.39, 0.29) is 11.9 Å². The second kappa shape index (κ2) is 8.96. The molecule has 154 valence electrons. The van der Waals surface area contributed by atoms with E-state index in [4.69, 9.17) is 14.6 Å². The number of rotatable bonds is 5. The van der Waals surface area contributed by atoms with Gasteiger partial charge in [0, 0.05) is 48.2 Å². The Balaban J connectivity index is 0.000000345. The Kier molecular flexibility index (Phi) is 6.90.